The van der Waals surface area contributed by atoms with Crippen molar-refractivity contribution in [2.45, 2.75) is 17.2 Å². The molecule has 6 nitrogen and oxygen atoms in total. The van der Waals surface area contributed by atoms with Crippen molar-refractivity contribution in [3.05, 3.63) is 6.33 Å². The van der Waals surface area contributed by atoms with Crippen LogP contribution in [0.2, 0.25) is 0 Å². The average molecular weight is 310 g/mol. The number of thioether (sulfide) groups is 1. The number of anilines is 1. The summed E-state index contributed by atoms with van der Waals surface area (Å²) in [4.78, 5) is 26.2. The van der Waals surface area contributed by atoms with Crippen molar-refractivity contribution in [1.82, 2.24) is 15.0 Å². The number of hydrogen-bond acceptors (Lipinski definition) is 7. The van der Waals surface area contributed by atoms with Crippen LogP contribution in [0.4, 0.5) is 5.82 Å². The molecule has 0 radical (unpaired) electrons. The Morgan fingerprint density at radius 2 is 2.40 bits per heavy atom. The maximum atomic E-state index is 11.2. The third-order valence-corrected chi connectivity index (χ3v) is 5.42. The van der Waals surface area contributed by atoms with Gasteiger partial charge in [-0.25, -0.2) is 15.0 Å². The Bertz CT molecular complexity index is 645. The predicted octanol–water partition coefficient (Wildman–Crippen LogP) is 2.11. The number of aliphatic carboxylic acids is 1. The Morgan fingerprint density at radius 3 is 3.15 bits per heavy atom. The molecule has 0 bridgehead atoms. The highest BCUT2D eigenvalue weighted by molar-refractivity contribution is 8.00. The molecule has 0 saturated carbocycles. The summed E-state index contributed by atoms with van der Waals surface area (Å²) in [5.74, 6) is -0.227. The first-order valence-corrected chi connectivity index (χ1v) is 8.36. The van der Waals surface area contributed by atoms with Gasteiger partial charge in [-0.15, -0.1) is 11.3 Å². The number of aromatic nitrogens is 3. The highest BCUT2D eigenvalue weighted by atomic mass is 32.2. The third-order valence-electron chi connectivity index (χ3n) is 3.40. The molecular formula is C12H14N4O2S2. The van der Waals surface area contributed by atoms with E-state index in [9.17, 15) is 9.90 Å². The topological polar surface area (TPSA) is 79.2 Å². The fourth-order valence-corrected chi connectivity index (χ4v) is 3.94. The number of carboxylic acids is 1. The second-order valence-electron chi connectivity index (χ2n) is 4.66. The van der Waals surface area contributed by atoms with Gasteiger partial charge in [0, 0.05) is 13.1 Å². The number of rotatable bonds is 3. The first-order chi connectivity index (χ1) is 9.69. The summed E-state index contributed by atoms with van der Waals surface area (Å²) in [6.45, 7) is 1.34. The summed E-state index contributed by atoms with van der Waals surface area (Å²) in [5, 5.41) is 9.19. The molecule has 8 heteroatoms. The monoisotopic (exact) mass is 310 g/mol. The van der Waals surface area contributed by atoms with E-state index in [1.165, 1.54) is 6.33 Å². The van der Waals surface area contributed by atoms with Gasteiger partial charge in [0.05, 0.1) is 5.92 Å². The van der Waals surface area contributed by atoms with Crippen molar-refractivity contribution in [2.24, 2.45) is 5.92 Å². The maximum absolute atomic E-state index is 11.2. The van der Waals surface area contributed by atoms with Gasteiger partial charge in [0.15, 0.2) is 15.8 Å². The van der Waals surface area contributed by atoms with E-state index in [4.69, 9.17) is 0 Å². The molecule has 1 saturated heterocycles. The zero-order valence-electron chi connectivity index (χ0n) is 10.9. The molecule has 2 aromatic heterocycles. The summed E-state index contributed by atoms with van der Waals surface area (Å²) < 4.78 is 1.90. The molecule has 106 valence electrons. The van der Waals surface area contributed by atoms with Gasteiger partial charge in [0.25, 0.3) is 0 Å². The van der Waals surface area contributed by atoms with Gasteiger partial charge < -0.3 is 10.0 Å². The molecule has 2 aromatic rings. The molecule has 0 amide bonds. The van der Waals surface area contributed by atoms with Gasteiger partial charge in [-0.1, -0.05) is 11.8 Å². The number of hydrogen-bond donors (Lipinski definition) is 1. The van der Waals surface area contributed by atoms with Crippen LogP contribution in [0.5, 0.6) is 0 Å². The molecule has 3 heterocycles. The highest BCUT2D eigenvalue weighted by Gasteiger charge is 2.27. The Balaban J connectivity index is 1.96. The van der Waals surface area contributed by atoms with E-state index in [1.54, 1.807) is 23.1 Å². The van der Waals surface area contributed by atoms with E-state index in [0.717, 1.165) is 34.2 Å². The Hall–Kier alpha value is -1.41. The number of fused-ring (bicyclic) bond motifs is 1. The Morgan fingerprint density at radius 1 is 1.55 bits per heavy atom. The first kappa shape index (κ1) is 13.6. The molecule has 3 rings (SSSR count). The molecular weight excluding hydrogens is 296 g/mol. The molecule has 0 aliphatic carbocycles. The van der Waals surface area contributed by atoms with Crippen molar-refractivity contribution in [3.63, 3.8) is 0 Å². The quantitative estimate of drug-likeness (QED) is 0.870. The van der Waals surface area contributed by atoms with Crippen molar-refractivity contribution in [2.75, 3.05) is 24.2 Å². The van der Waals surface area contributed by atoms with Crippen LogP contribution in [0.25, 0.3) is 10.3 Å². The molecule has 1 unspecified atom stereocenters. The fraction of sp³-hybridized carbons (Fsp3) is 0.500. The summed E-state index contributed by atoms with van der Waals surface area (Å²) in [6, 6.07) is 0. The summed E-state index contributed by atoms with van der Waals surface area (Å²) in [7, 11) is 0. The minimum absolute atomic E-state index is 0.318. The van der Waals surface area contributed by atoms with Gasteiger partial charge in [0.2, 0.25) is 0 Å². The normalized spacial score (nSPS) is 19.4. The summed E-state index contributed by atoms with van der Waals surface area (Å²) >= 11 is 3.15. The van der Waals surface area contributed by atoms with E-state index in [2.05, 4.69) is 19.9 Å². The van der Waals surface area contributed by atoms with Crippen LogP contribution in [-0.4, -0.2) is 45.4 Å². The lowest BCUT2D eigenvalue weighted by Crippen LogP contribution is -2.39. The van der Waals surface area contributed by atoms with Crippen LogP contribution < -0.4 is 4.90 Å². The lowest BCUT2D eigenvalue weighted by atomic mass is 9.98. The average Bonchev–Trinajstić information content (AvgIpc) is 2.90. The van der Waals surface area contributed by atoms with E-state index in [-0.39, 0.29) is 5.92 Å². The second-order valence-corrected chi connectivity index (χ2v) is 6.71. The Kier molecular flexibility index (Phi) is 3.75. The van der Waals surface area contributed by atoms with Crippen LogP contribution in [0.15, 0.2) is 10.7 Å². The van der Waals surface area contributed by atoms with Crippen LogP contribution in [0.1, 0.15) is 12.8 Å². The molecule has 0 aromatic carbocycles. The minimum atomic E-state index is -0.728. The lowest BCUT2D eigenvalue weighted by Gasteiger charge is -2.31. The first-order valence-electron chi connectivity index (χ1n) is 6.32. The summed E-state index contributed by atoms with van der Waals surface area (Å²) in [6.07, 6.45) is 5.09. The second kappa shape index (κ2) is 5.53. The molecule has 1 aliphatic heterocycles. The van der Waals surface area contributed by atoms with Crippen LogP contribution in [0.3, 0.4) is 0 Å². The number of nitrogens with zero attached hydrogens (tertiary/aromatic N) is 4. The van der Waals surface area contributed by atoms with Gasteiger partial charge in [-0.2, -0.15) is 0 Å². The number of carbonyl (C=O) groups is 1. The van der Waals surface area contributed by atoms with Crippen LogP contribution in [-0.2, 0) is 4.79 Å². The van der Waals surface area contributed by atoms with Crippen molar-refractivity contribution >= 4 is 45.2 Å². The molecule has 20 heavy (non-hydrogen) atoms. The zero-order chi connectivity index (χ0) is 14.1. The smallest absolute Gasteiger partial charge is 0.308 e. The van der Waals surface area contributed by atoms with Crippen molar-refractivity contribution in [3.8, 4) is 0 Å². The standard InChI is InChI=1S/C12H14N4O2S2/c1-19-12-15-9-8(20-12)10(14-6-13-9)16-4-2-3-7(5-16)11(17)18/h6-7H,2-5H2,1H3,(H,17,18). The largest absolute Gasteiger partial charge is 0.481 e. The molecule has 1 aliphatic rings. The van der Waals surface area contributed by atoms with E-state index >= 15 is 0 Å². The fourth-order valence-electron chi connectivity index (χ4n) is 2.41. The highest BCUT2D eigenvalue weighted by Crippen LogP contribution is 2.34. The van der Waals surface area contributed by atoms with Gasteiger partial charge in [-0.05, 0) is 19.1 Å². The van der Waals surface area contributed by atoms with Gasteiger partial charge in [-0.3, -0.25) is 4.79 Å². The molecule has 0 spiro atoms. The molecule has 1 atom stereocenters. The minimum Gasteiger partial charge on any atom is -0.481 e. The Labute approximate surface area is 124 Å². The van der Waals surface area contributed by atoms with Gasteiger partial charge in [0.1, 0.15) is 11.0 Å². The SMILES string of the molecule is CSc1nc2ncnc(N3CCCC(C(=O)O)C3)c2s1. The van der Waals surface area contributed by atoms with E-state index in [1.807, 2.05) is 6.26 Å². The summed E-state index contributed by atoms with van der Waals surface area (Å²) in [5.41, 5.74) is 0.696. The zero-order valence-corrected chi connectivity index (χ0v) is 12.6. The maximum Gasteiger partial charge on any atom is 0.308 e. The van der Waals surface area contributed by atoms with Crippen LogP contribution in [0, 0.1) is 5.92 Å². The predicted molar refractivity (Wildman–Crippen MR) is 79.6 cm³/mol. The van der Waals surface area contributed by atoms with Gasteiger partial charge >= 0.3 is 5.97 Å². The molecule has 1 fully saturated rings. The number of thiazole rings is 1. The number of carboxylic acid groups (broad SMARTS) is 1. The van der Waals surface area contributed by atoms with Crippen molar-refractivity contribution in [1.29, 1.82) is 0 Å². The van der Waals surface area contributed by atoms with Crippen LogP contribution >= 0.6 is 23.1 Å². The molecule has 1 N–H and O–H groups in total. The lowest BCUT2D eigenvalue weighted by molar-refractivity contribution is -0.141. The third kappa shape index (κ3) is 2.45. The van der Waals surface area contributed by atoms with Crippen molar-refractivity contribution < 1.29 is 9.90 Å². The van der Waals surface area contributed by atoms with E-state index < -0.39 is 5.97 Å². The van der Waals surface area contributed by atoms with E-state index in [0.29, 0.717) is 12.2 Å². The number of piperidine rings is 1.